The Kier molecular flexibility index (Phi) is 4.62. The van der Waals surface area contributed by atoms with Crippen LogP contribution in [0.2, 0.25) is 0 Å². The zero-order valence-corrected chi connectivity index (χ0v) is 12.1. The molecule has 0 bridgehead atoms. The summed E-state index contributed by atoms with van der Waals surface area (Å²) in [6, 6.07) is 4.68. The monoisotopic (exact) mass is 327 g/mol. The number of benzene rings is 1. The summed E-state index contributed by atoms with van der Waals surface area (Å²) < 4.78 is 15.5. The smallest absolute Gasteiger partial charge is 0.138 e. The van der Waals surface area contributed by atoms with Gasteiger partial charge in [0.1, 0.15) is 18.0 Å². The zero-order valence-electron chi connectivity index (χ0n) is 10.5. The molecule has 1 aromatic heterocycles. The van der Waals surface area contributed by atoms with Crippen LogP contribution in [0.4, 0.5) is 4.39 Å². The maximum absolute atomic E-state index is 13.2. The molecule has 102 valence electrons. The van der Waals surface area contributed by atoms with Crippen molar-refractivity contribution >= 4 is 15.9 Å². The van der Waals surface area contributed by atoms with Gasteiger partial charge in [0.2, 0.25) is 0 Å². The zero-order chi connectivity index (χ0) is 13.8. The first-order chi connectivity index (χ1) is 9.15. The van der Waals surface area contributed by atoms with E-state index >= 15 is 0 Å². The average Bonchev–Trinajstić information content (AvgIpc) is 2.86. The van der Waals surface area contributed by atoms with Gasteiger partial charge in [-0.3, -0.25) is 16.0 Å². The largest absolute Gasteiger partial charge is 0.271 e. The van der Waals surface area contributed by atoms with E-state index in [-0.39, 0.29) is 11.9 Å². The first-order valence-corrected chi connectivity index (χ1v) is 6.72. The molecule has 0 saturated carbocycles. The Hall–Kier alpha value is -1.31. The van der Waals surface area contributed by atoms with Gasteiger partial charge in [-0.2, -0.15) is 5.10 Å². The van der Waals surface area contributed by atoms with Crippen molar-refractivity contribution in [1.29, 1.82) is 0 Å². The maximum Gasteiger partial charge on any atom is 0.138 e. The lowest BCUT2D eigenvalue weighted by molar-refractivity contribution is 0.508. The summed E-state index contributed by atoms with van der Waals surface area (Å²) in [6.07, 6.45) is 2.11. The highest BCUT2D eigenvalue weighted by Gasteiger charge is 2.15. The van der Waals surface area contributed by atoms with E-state index in [9.17, 15) is 4.39 Å². The lowest BCUT2D eigenvalue weighted by atomic mass is 10.0. The van der Waals surface area contributed by atoms with Gasteiger partial charge in [0.15, 0.2) is 0 Å². The molecule has 0 saturated heterocycles. The summed E-state index contributed by atoms with van der Waals surface area (Å²) in [5.74, 6) is 6.13. The van der Waals surface area contributed by atoms with E-state index in [2.05, 4.69) is 31.4 Å². The van der Waals surface area contributed by atoms with Crippen LogP contribution in [-0.2, 0) is 13.0 Å². The molecule has 7 heteroatoms. The molecule has 5 nitrogen and oxygen atoms in total. The predicted octanol–water partition coefficient (Wildman–Crippen LogP) is 1.95. The van der Waals surface area contributed by atoms with Crippen LogP contribution in [0.5, 0.6) is 0 Å². The highest BCUT2D eigenvalue weighted by atomic mass is 79.9. The highest BCUT2D eigenvalue weighted by molar-refractivity contribution is 9.10. The number of halogens is 2. The molecule has 0 aliphatic carbocycles. The molecular weight excluding hydrogens is 313 g/mol. The van der Waals surface area contributed by atoms with Gasteiger partial charge >= 0.3 is 0 Å². The molecule has 0 amide bonds. The van der Waals surface area contributed by atoms with E-state index < -0.39 is 0 Å². The Balaban J connectivity index is 2.22. The van der Waals surface area contributed by atoms with Gasteiger partial charge in [-0.25, -0.2) is 9.37 Å². The van der Waals surface area contributed by atoms with Crippen molar-refractivity contribution in [3.8, 4) is 0 Å². The summed E-state index contributed by atoms with van der Waals surface area (Å²) in [5.41, 5.74) is 3.62. The lowest BCUT2D eigenvalue weighted by Crippen LogP contribution is -2.30. The van der Waals surface area contributed by atoms with Gasteiger partial charge in [0.05, 0.1) is 10.5 Å². The van der Waals surface area contributed by atoms with E-state index in [0.29, 0.717) is 10.9 Å². The average molecular weight is 328 g/mol. The second kappa shape index (κ2) is 6.23. The standard InChI is InChI=1S/C12H15BrFN5/c1-2-19-12(16-7-17-19)6-11(18-15)8-3-4-10(14)9(13)5-8/h3-5,7,11,18H,2,6,15H2,1H3. The number of nitrogens with zero attached hydrogens (tertiary/aromatic N) is 3. The fraction of sp³-hybridized carbons (Fsp3) is 0.333. The summed E-state index contributed by atoms with van der Waals surface area (Å²) in [6.45, 7) is 2.75. The summed E-state index contributed by atoms with van der Waals surface area (Å²) in [4.78, 5) is 4.21. The van der Waals surface area contributed by atoms with Crippen molar-refractivity contribution in [1.82, 2.24) is 20.2 Å². The third-order valence-electron chi connectivity index (χ3n) is 2.93. The maximum atomic E-state index is 13.2. The van der Waals surface area contributed by atoms with Crippen LogP contribution < -0.4 is 11.3 Å². The number of hydrogen-bond acceptors (Lipinski definition) is 4. The molecule has 2 aromatic rings. The van der Waals surface area contributed by atoms with E-state index in [0.717, 1.165) is 17.9 Å². The molecule has 1 atom stereocenters. The minimum atomic E-state index is -0.295. The summed E-state index contributed by atoms with van der Waals surface area (Å²) in [7, 11) is 0. The fourth-order valence-electron chi connectivity index (χ4n) is 1.90. The molecule has 3 N–H and O–H groups in total. The molecule has 0 fully saturated rings. The number of hydrazine groups is 1. The van der Waals surface area contributed by atoms with Crippen LogP contribution in [0, 0.1) is 5.82 Å². The first-order valence-electron chi connectivity index (χ1n) is 5.93. The summed E-state index contributed by atoms with van der Waals surface area (Å²) >= 11 is 3.17. The van der Waals surface area contributed by atoms with Crippen LogP contribution in [0.25, 0.3) is 0 Å². The van der Waals surface area contributed by atoms with E-state index in [1.807, 2.05) is 11.6 Å². The Labute approximate surface area is 119 Å². The van der Waals surface area contributed by atoms with Gasteiger partial charge in [-0.05, 0) is 40.5 Å². The molecule has 2 rings (SSSR count). The minimum absolute atomic E-state index is 0.147. The predicted molar refractivity (Wildman–Crippen MR) is 73.6 cm³/mol. The number of aromatic nitrogens is 3. The van der Waals surface area contributed by atoms with Crippen LogP contribution >= 0.6 is 15.9 Å². The minimum Gasteiger partial charge on any atom is -0.271 e. The number of hydrogen-bond donors (Lipinski definition) is 2. The van der Waals surface area contributed by atoms with Crippen LogP contribution in [0.1, 0.15) is 24.4 Å². The van der Waals surface area contributed by atoms with Gasteiger partial charge < -0.3 is 0 Å². The van der Waals surface area contributed by atoms with Crippen molar-refractivity contribution < 1.29 is 4.39 Å². The van der Waals surface area contributed by atoms with Crippen molar-refractivity contribution in [3.05, 3.63) is 46.2 Å². The SMILES string of the molecule is CCn1ncnc1CC(NN)c1ccc(F)c(Br)c1. The molecule has 0 aliphatic heterocycles. The molecule has 1 aromatic carbocycles. The fourth-order valence-corrected chi connectivity index (χ4v) is 2.29. The first kappa shape index (κ1) is 14.1. The van der Waals surface area contributed by atoms with Crippen molar-refractivity contribution in [2.75, 3.05) is 0 Å². The molecule has 0 spiro atoms. The topological polar surface area (TPSA) is 68.8 Å². The van der Waals surface area contributed by atoms with E-state index in [1.165, 1.54) is 12.4 Å². The van der Waals surface area contributed by atoms with Crippen molar-refractivity contribution in [2.45, 2.75) is 25.9 Å². The molecule has 19 heavy (non-hydrogen) atoms. The number of nitrogens with two attached hydrogens (primary N) is 1. The number of nitrogens with one attached hydrogen (secondary N) is 1. The van der Waals surface area contributed by atoms with Crippen LogP contribution in [-0.4, -0.2) is 14.8 Å². The van der Waals surface area contributed by atoms with Crippen molar-refractivity contribution in [3.63, 3.8) is 0 Å². The number of rotatable bonds is 5. The van der Waals surface area contributed by atoms with Gasteiger partial charge in [-0.15, -0.1) is 0 Å². The Morgan fingerprint density at radius 2 is 2.32 bits per heavy atom. The molecule has 1 unspecified atom stereocenters. The normalized spacial score (nSPS) is 12.6. The van der Waals surface area contributed by atoms with Crippen LogP contribution in [0.3, 0.4) is 0 Å². The Bertz CT molecular complexity index is 557. The third kappa shape index (κ3) is 3.17. The van der Waals surface area contributed by atoms with Crippen LogP contribution in [0.15, 0.2) is 29.0 Å². The molecular formula is C12H15BrFN5. The van der Waals surface area contributed by atoms with Crippen molar-refractivity contribution in [2.24, 2.45) is 5.84 Å². The molecule has 0 aliphatic rings. The second-order valence-corrected chi connectivity index (χ2v) is 4.94. The van der Waals surface area contributed by atoms with Gasteiger partial charge in [-0.1, -0.05) is 6.07 Å². The molecule has 0 radical (unpaired) electrons. The Morgan fingerprint density at radius 1 is 1.53 bits per heavy atom. The van der Waals surface area contributed by atoms with E-state index in [1.54, 1.807) is 12.1 Å². The molecule has 1 heterocycles. The number of aryl methyl sites for hydroxylation is 1. The van der Waals surface area contributed by atoms with Gasteiger partial charge in [0, 0.05) is 13.0 Å². The summed E-state index contributed by atoms with van der Waals surface area (Å²) in [5, 5.41) is 4.12. The van der Waals surface area contributed by atoms with Gasteiger partial charge in [0.25, 0.3) is 0 Å². The second-order valence-electron chi connectivity index (χ2n) is 4.09. The Morgan fingerprint density at radius 3 is 2.95 bits per heavy atom. The third-order valence-corrected chi connectivity index (χ3v) is 3.54. The quantitative estimate of drug-likeness (QED) is 0.650. The lowest BCUT2D eigenvalue weighted by Gasteiger charge is -2.16. The van der Waals surface area contributed by atoms with E-state index in [4.69, 9.17) is 5.84 Å². The highest BCUT2D eigenvalue weighted by Crippen LogP contribution is 2.23.